The summed E-state index contributed by atoms with van der Waals surface area (Å²) in [5, 5.41) is 7.16. The number of para-hydroxylation sites is 3. The SMILES string of the molecule is c1ccc(-c2ccc3c(c2)c2ccccc2n3-c2nc(-c3cccc(-c4ccc5c(c4)c4ccccc4n5-c4ccccc4)c3)nc(-c3cccc4c3sc3ccccc34)n2)cc1. The van der Waals surface area contributed by atoms with E-state index in [1.165, 1.54) is 48.4 Å². The third kappa shape index (κ3) is 5.73. The lowest BCUT2D eigenvalue weighted by molar-refractivity contribution is 0.954. The van der Waals surface area contributed by atoms with Gasteiger partial charge in [0.25, 0.3) is 0 Å². The van der Waals surface area contributed by atoms with Gasteiger partial charge in [-0.1, -0.05) is 146 Å². The van der Waals surface area contributed by atoms with Crippen LogP contribution in [0.3, 0.4) is 0 Å². The van der Waals surface area contributed by atoms with Crippen LogP contribution >= 0.6 is 11.3 Å². The Morgan fingerprint density at radius 2 is 0.841 bits per heavy atom. The molecule has 0 aliphatic heterocycles. The molecule has 13 rings (SSSR count). The van der Waals surface area contributed by atoms with Gasteiger partial charge in [-0.15, -0.1) is 11.3 Å². The normalized spacial score (nSPS) is 11.8. The van der Waals surface area contributed by atoms with Crippen molar-refractivity contribution in [3.05, 3.63) is 212 Å². The van der Waals surface area contributed by atoms with Crippen LogP contribution in [0.1, 0.15) is 0 Å². The van der Waals surface area contributed by atoms with Crippen molar-refractivity contribution in [2.24, 2.45) is 0 Å². The molecular weight excluding hydrogens is 787 g/mol. The number of aromatic nitrogens is 5. The number of benzene rings is 9. The number of thiophene rings is 1. The second-order valence-electron chi connectivity index (χ2n) is 16.0. The molecule has 0 unspecified atom stereocenters. The van der Waals surface area contributed by atoms with Crippen LogP contribution in [0.15, 0.2) is 212 Å². The third-order valence-electron chi connectivity index (χ3n) is 12.4. The Morgan fingerprint density at radius 1 is 0.317 bits per heavy atom. The largest absolute Gasteiger partial charge is 0.309 e. The van der Waals surface area contributed by atoms with E-state index in [1.807, 2.05) is 0 Å². The lowest BCUT2D eigenvalue weighted by atomic mass is 10.0. The molecule has 0 amide bonds. The molecule has 4 aromatic heterocycles. The summed E-state index contributed by atoms with van der Waals surface area (Å²) in [5.41, 5.74) is 12.0. The van der Waals surface area contributed by atoms with Gasteiger partial charge < -0.3 is 4.57 Å². The van der Waals surface area contributed by atoms with Crippen molar-refractivity contribution in [3.63, 3.8) is 0 Å². The summed E-state index contributed by atoms with van der Waals surface area (Å²) in [4.78, 5) is 16.1. The molecule has 0 radical (unpaired) electrons. The summed E-state index contributed by atoms with van der Waals surface area (Å²) in [7, 11) is 0. The highest BCUT2D eigenvalue weighted by molar-refractivity contribution is 7.26. The van der Waals surface area contributed by atoms with Crippen molar-refractivity contribution in [1.82, 2.24) is 24.1 Å². The molecule has 5 nitrogen and oxygen atoms in total. The molecule has 0 aliphatic rings. The van der Waals surface area contributed by atoms with E-state index in [9.17, 15) is 0 Å². The van der Waals surface area contributed by atoms with Gasteiger partial charge in [-0.25, -0.2) is 4.98 Å². The number of nitrogens with zero attached hydrogens (tertiary/aromatic N) is 5. The highest BCUT2D eigenvalue weighted by Gasteiger charge is 2.21. The van der Waals surface area contributed by atoms with Crippen LogP contribution in [0.25, 0.3) is 120 Å². The number of rotatable bonds is 6. The van der Waals surface area contributed by atoms with E-state index in [0.717, 1.165) is 54.4 Å². The van der Waals surface area contributed by atoms with Crippen LogP contribution in [0.2, 0.25) is 0 Å². The van der Waals surface area contributed by atoms with Crippen molar-refractivity contribution in [1.29, 1.82) is 0 Å². The van der Waals surface area contributed by atoms with Crippen LogP contribution in [0.5, 0.6) is 0 Å². The van der Waals surface area contributed by atoms with Gasteiger partial charge >= 0.3 is 0 Å². The van der Waals surface area contributed by atoms with Crippen LogP contribution in [0.4, 0.5) is 0 Å². The zero-order chi connectivity index (χ0) is 41.4. The van der Waals surface area contributed by atoms with Gasteiger partial charge in [0.2, 0.25) is 5.95 Å². The van der Waals surface area contributed by atoms with E-state index in [-0.39, 0.29) is 0 Å². The Kier molecular flexibility index (Phi) is 8.01. The van der Waals surface area contributed by atoms with Gasteiger partial charge in [0, 0.05) is 58.5 Å². The van der Waals surface area contributed by atoms with E-state index in [2.05, 4.69) is 221 Å². The predicted molar refractivity (Wildman–Crippen MR) is 263 cm³/mol. The highest BCUT2D eigenvalue weighted by Crippen LogP contribution is 2.41. The number of hydrogen-bond donors (Lipinski definition) is 0. The Hall–Kier alpha value is -8.19. The molecule has 4 heterocycles. The molecule has 294 valence electrons. The van der Waals surface area contributed by atoms with E-state index < -0.39 is 0 Å². The fourth-order valence-electron chi connectivity index (χ4n) is 9.48. The van der Waals surface area contributed by atoms with Crippen molar-refractivity contribution < 1.29 is 0 Å². The second-order valence-corrected chi connectivity index (χ2v) is 17.1. The lowest BCUT2D eigenvalue weighted by Gasteiger charge is -2.12. The van der Waals surface area contributed by atoms with Crippen molar-refractivity contribution in [2.75, 3.05) is 0 Å². The van der Waals surface area contributed by atoms with Gasteiger partial charge in [-0.05, 0) is 89.0 Å². The topological polar surface area (TPSA) is 48.5 Å². The van der Waals surface area contributed by atoms with E-state index in [4.69, 9.17) is 15.0 Å². The van der Waals surface area contributed by atoms with Crippen molar-refractivity contribution in [3.8, 4) is 56.7 Å². The molecular formula is C57H35N5S. The summed E-state index contributed by atoms with van der Waals surface area (Å²) in [6, 6.07) is 75.6. The highest BCUT2D eigenvalue weighted by atomic mass is 32.1. The quantitative estimate of drug-likeness (QED) is 0.168. The first-order chi connectivity index (χ1) is 31.2. The van der Waals surface area contributed by atoms with Gasteiger partial charge in [-0.2, -0.15) is 9.97 Å². The monoisotopic (exact) mass is 821 g/mol. The van der Waals surface area contributed by atoms with Gasteiger partial charge in [0.1, 0.15) is 0 Å². The van der Waals surface area contributed by atoms with Crippen molar-refractivity contribution >= 4 is 75.1 Å². The van der Waals surface area contributed by atoms with Crippen LogP contribution < -0.4 is 0 Å². The zero-order valence-corrected chi connectivity index (χ0v) is 34.7. The maximum Gasteiger partial charge on any atom is 0.238 e. The summed E-state index contributed by atoms with van der Waals surface area (Å²) < 4.78 is 6.96. The molecule has 9 aromatic carbocycles. The fourth-order valence-corrected chi connectivity index (χ4v) is 10.7. The molecule has 0 aliphatic carbocycles. The Labute approximate surface area is 366 Å². The van der Waals surface area contributed by atoms with E-state index in [1.54, 1.807) is 11.3 Å². The first-order valence-electron chi connectivity index (χ1n) is 21.2. The molecule has 13 aromatic rings. The number of fused-ring (bicyclic) bond motifs is 9. The maximum absolute atomic E-state index is 5.39. The Morgan fingerprint density at radius 3 is 1.60 bits per heavy atom. The molecule has 0 fully saturated rings. The third-order valence-corrected chi connectivity index (χ3v) is 13.6. The zero-order valence-electron chi connectivity index (χ0n) is 33.9. The first kappa shape index (κ1) is 35.6. The lowest BCUT2D eigenvalue weighted by Crippen LogP contribution is -2.06. The summed E-state index contributed by atoms with van der Waals surface area (Å²) >= 11 is 1.79. The molecule has 63 heavy (non-hydrogen) atoms. The van der Waals surface area contributed by atoms with Gasteiger partial charge in [-0.3, -0.25) is 4.57 Å². The van der Waals surface area contributed by atoms with E-state index in [0.29, 0.717) is 17.6 Å². The minimum Gasteiger partial charge on any atom is -0.309 e. The van der Waals surface area contributed by atoms with Crippen LogP contribution in [-0.2, 0) is 0 Å². The average Bonchev–Trinajstić information content (AvgIpc) is 4.02. The van der Waals surface area contributed by atoms with Crippen molar-refractivity contribution in [2.45, 2.75) is 0 Å². The average molecular weight is 822 g/mol. The van der Waals surface area contributed by atoms with Gasteiger partial charge in [0.05, 0.1) is 22.1 Å². The predicted octanol–water partition coefficient (Wildman–Crippen LogP) is 15.1. The molecule has 0 saturated heterocycles. The molecule has 0 N–H and O–H groups in total. The summed E-state index contributed by atoms with van der Waals surface area (Å²) in [6.45, 7) is 0. The van der Waals surface area contributed by atoms with Gasteiger partial charge in [0.15, 0.2) is 11.6 Å². The Balaban J connectivity index is 1.02. The first-order valence-corrected chi connectivity index (χ1v) is 22.0. The smallest absolute Gasteiger partial charge is 0.238 e. The summed E-state index contributed by atoms with van der Waals surface area (Å²) in [6.07, 6.45) is 0. The second kappa shape index (κ2) is 14.2. The molecule has 6 heteroatoms. The standard InChI is InChI=1S/C57H35N5S/c1-3-15-36(16-4-1)38-29-32-52-48(34-38)43-22-8-11-27-50(43)62(52)57-59-55(58-56(60-57)46-25-14-24-45-44-23-9-12-28-53(44)63-54(45)46)40-18-13-17-37(33-40)39-30-31-51-47(35-39)42-21-7-10-26-49(42)61(51)41-19-5-2-6-20-41/h1-35H. The number of hydrogen-bond acceptors (Lipinski definition) is 4. The molecule has 0 atom stereocenters. The van der Waals surface area contributed by atoms with E-state index >= 15 is 0 Å². The maximum atomic E-state index is 5.39. The molecule has 0 bridgehead atoms. The molecule has 0 spiro atoms. The minimum atomic E-state index is 0.576. The molecule has 0 saturated carbocycles. The fraction of sp³-hybridized carbons (Fsp3) is 0. The summed E-state index contributed by atoms with van der Waals surface area (Å²) in [5.74, 6) is 1.83. The minimum absolute atomic E-state index is 0.576. The Bertz CT molecular complexity index is 3920. The van der Waals surface area contributed by atoms with Crippen LogP contribution in [0, 0.1) is 0 Å². The van der Waals surface area contributed by atoms with Crippen LogP contribution in [-0.4, -0.2) is 24.1 Å².